The van der Waals surface area contributed by atoms with Gasteiger partial charge in [-0.05, 0) is 11.1 Å². The number of aliphatic imine (C=N–C) groups is 1. The summed E-state index contributed by atoms with van der Waals surface area (Å²) < 4.78 is 0. The van der Waals surface area contributed by atoms with Gasteiger partial charge in [0.15, 0.2) is 0 Å². The Morgan fingerprint density at radius 2 is 2.17 bits per heavy atom. The first-order valence-electron chi connectivity index (χ1n) is 3.75. The van der Waals surface area contributed by atoms with Crippen LogP contribution in [-0.2, 0) is 11.3 Å². The summed E-state index contributed by atoms with van der Waals surface area (Å²) in [6.07, 6.45) is 1.58. The highest BCUT2D eigenvalue weighted by Gasteiger charge is 2.09. The van der Waals surface area contributed by atoms with Crippen LogP contribution >= 0.6 is 0 Å². The van der Waals surface area contributed by atoms with Crippen LogP contribution in [0.3, 0.4) is 0 Å². The minimum atomic E-state index is 0.553. The van der Waals surface area contributed by atoms with E-state index >= 15 is 0 Å². The van der Waals surface area contributed by atoms with Gasteiger partial charge in [0, 0.05) is 6.21 Å². The zero-order chi connectivity index (χ0) is 8.39. The lowest BCUT2D eigenvalue weighted by molar-refractivity contribution is 0.570. The van der Waals surface area contributed by atoms with Crippen LogP contribution in [0.5, 0.6) is 0 Å². The van der Waals surface area contributed by atoms with Crippen LogP contribution in [0.25, 0.3) is 5.57 Å². The highest BCUT2D eigenvalue weighted by atomic mass is 16.1. The number of hydrogen-bond acceptors (Lipinski definition) is 2. The van der Waals surface area contributed by atoms with Gasteiger partial charge < -0.3 is 0 Å². The monoisotopic (exact) mass is 157 g/mol. The number of allylic oxidation sites excluding steroid dienone is 1. The van der Waals surface area contributed by atoms with Crippen LogP contribution in [0, 0.1) is 0 Å². The van der Waals surface area contributed by atoms with E-state index in [-0.39, 0.29) is 0 Å². The van der Waals surface area contributed by atoms with E-state index in [9.17, 15) is 4.79 Å². The third kappa shape index (κ3) is 0.987. The Balaban J connectivity index is 2.65. The lowest BCUT2D eigenvalue weighted by Crippen LogP contribution is -1.99. The van der Waals surface area contributed by atoms with Crippen LogP contribution < -0.4 is 0 Å². The van der Waals surface area contributed by atoms with Crippen molar-refractivity contribution in [3.05, 3.63) is 35.4 Å². The number of fused-ring (bicyclic) bond motifs is 1. The smallest absolute Gasteiger partial charge is 0.134 e. The molecule has 1 aliphatic rings. The molecule has 58 valence electrons. The van der Waals surface area contributed by atoms with Crippen LogP contribution in [0.4, 0.5) is 0 Å². The second-order valence-electron chi connectivity index (χ2n) is 2.64. The maximum atomic E-state index is 10.5. The maximum Gasteiger partial charge on any atom is 0.134 e. The SMILES string of the molecule is O=C=C1C=NCc2ccccc21. The highest BCUT2D eigenvalue weighted by molar-refractivity contribution is 6.20. The molecular formula is C10H7NO. The van der Waals surface area contributed by atoms with Crippen molar-refractivity contribution in [2.75, 3.05) is 0 Å². The molecular weight excluding hydrogens is 150 g/mol. The van der Waals surface area contributed by atoms with Gasteiger partial charge in [-0.1, -0.05) is 24.3 Å². The quantitative estimate of drug-likeness (QED) is 0.524. The van der Waals surface area contributed by atoms with Crippen molar-refractivity contribution in [1.29, 1.82) is 0 Å². The molecule has 0 bridgehead atoms. The van der Waals surface area contributed by atoms with Gasteiger partial charge in [-0.2, -0.15) is 0 Å². The lowest BCUT2D eigenvalue weighted by Gasteiger charge is -2.09. The summed E-state index contributed by atoms with van der Waals surface area (Å²) in [5.74, 6) is 1.88. The van der Waals surface area contributed by atoms with Crippen molar-refractivity contribution in [2.45, 2.75) is 6.54 Å². The zero-order valence-corrected chi connectivity index (χ0v) is 6.45. The molecule has 0 fully saturated rings. The second kappa shape index (κ2) is 2.76. The molecule has 1 aromatic rings. The van der Waals surface area contributed by atoms with E-state index in [2.05, 4.69) is 4.99 Å². The minimum Gasteiger partial charge on any atom is -0.287 e. The van der Waals surface area contributed by atoms with Gasteiger partial charge in [0.25, 0.3) is 0 Å². The fourth-order valence-corrected chi connectivity index (χ4v) is 1.31. The van der Waals surface area contributed by atoms with Gasteiger partial charge in [0.2, 0.25) is 0 Å². The van der Waals surface area contributed by atoms with Crippen LogP contribution in [0.15, 0.2) is 29.3 Å². The number of carbonyl (C=O) groups excluding carboxylic acids is 1. The summed E-state index contributed by atoms with van der Waals surface area (Å²) in [7, 11) is 0. The molecule has 0 amide bonds. The van der Waals surface area contributed by atoms with Crippen molar-refractivity contribution >= 4 is 17.7 Å². The van der Waals surface area contributed by atoms with Crippen molar-refractivity contribution in [1.82, 2.24) is 0 Å². The predicted octanol–water partition coefficient (Wildman–Crippen LogP) is 1.49. The van der Waals surface area contributed by atoms with Crippen molar-refractivity contribution in [3.8, 4) is 0 Å². The molecule has 1 heterocycles. The molecule has 0 aliphatic carbocycles. The average Bonchev–Trinajstić information content (AvgIpc) is 2.17. The Kier molecular flexibility index (Phi) is 1.61. The Morgan fingerprint density at radius 3 is 3.00 bits per heavy atom. The van der Waals surface area contributed by atoms with Gasteiger partial charge in [0.1, 0.15) is 5.94 Å². The molecule has 0 aromatic heterocycles. The summed E-state index contributed by atoms with van der Waals surface area (Å²) in [5.41, 5.74) is 2.61. The minimum absolute atomic E-state index is 0.553. The third-order valence-electron chi connectivity index (χ3n) is 1.90. The van der Waals surface area contributed by atoms with E-state index < -0.39 is 0 Å². The third-order valence-corrected chi connectivity index (χ3v) is 1.90. The van der Waals surface area contributed by atoms with Crippen molar-refractivity contribution in [2.24, 2.45) is 4.99 Å². The number of nitrogens with zero attached hydrogens (tertiary/aromatic N) is 1. The summed E-state index contributed by atoms with van der Waals surface area (Å²) in [4.78, 5) is 14.5. The van der Waals surface area contributed by atoms with E-state index in [4.69, 9.17) is 0 Å². The first-order chi connectivity index (χ1) is 5.92. The molecule has 0 unspecified atom stereocenters. The molecule has 0 saturated carbocycles. The fraction of sp³-hybridized carbons (Fsp3) is 0.100. The standard InChI is InChI=1S/C10H7NO/c12-7-9-6-11-5-8-3-1-2-4-10(8)9/h1-4,6H,5H2. The van der Waals surface area contributed by atoms with Gasteiger partial charge in [-0.15, -0.1) is 0 Å². The zero-order valence-electron chi connectivity index (χ0n) is 6.45. The van der Waals surface area contributed by atoms with E-state index in [1.54, 1.807) is 6.21 Å². The summed E-state index contributed by atoms with van der Waals surface area (Å²) in [5, 5.41) is 0. The van der Waals surface area contributed by atoms with Gasteiger partial charge in [-0.25, -0.2) is 4.79 Å². The molecule has 2 nitrogen and oxygen atoms in total. The molecule has 12 heavy (non-hydrogen) atoms. The number of hydrogen-bond donors (Lipinski definition) is 0. The van der Waals surface area contributed by atoms with E-state index in [1.165, 1.54) is 0 Å². The van der Waals surface area contributed by atoms with Crippen LogP contribution in [-0.4, -0.2) is 12.2 Å². The van der Waals surface area contributed by atoms with Crippen LogP contribution in [0.1, 0.15) is 11.1 Å². The first kappa shape index (κ1) is 7.01. The van der Waals surface area contributed by atoms with E-state index in [1.807, 2.05) is 30.2 Å². The summed E-state index contributed by atoms with van der Waals surface area (Å²) in [6.45, 7) is 0.668. The number of rotatable bonds is 0. The molecule has 2 heteroatoms. The first-order valence-corrected chi connectivity index (χ1v) is 3.75. The fourth-order valence-electron chi connectivity index (χ4n) is 1.31. The molecule has 0 saturated heterocycles. The molecule has 1 aliphatic heterocycles. The molecule has 2 rings (SSSR count). The molecule has 1 aromatic carbocycles. The molecule has 0 spiro atoms. The van der Waals surface area contributed by atoms with Gasteiger partial charge in [0.05, 0.1) is 12.1 Å². The predicted molar refractivity (Wildman–Crippen MR) is 47.7 cm³/mol. The lowest BCUT2D eigenvalue weighted by atomic mass is 9.99. The van der Waals surface area contributed by atoms with Crippen molar-refractivity contribution in [3.63, 3.8) is 0 Å². The Labute approximate surface area is 70.3 Å². The number of benzene rings is 1. The summed E-state index contributed by atoms with van der Waals surface area (Å²) >= 11 is 0. The average molecular weight is 157 g/mol. The molecule has 0 radical (unpaired) electrons. The van der Waals surface area contributed by atoms with E-state index in [0.717, 1.165) is 11.1 Å². The van der Waals surface area contributed by atoms with Crippen LogP contribution in [0.2, 0.25) is 0 Å². The van der Waals surface area contributed by atoms with Gasteiger partial charge >= 0.3 is 0 Å². The second-order valence-corrected chi connectivity index (χ2v) is 2.64. The topological polar surface area (TPSA) is 29.4 Å². The maximum absolute atomic E-state index is 10.5. The van der Waals surface area contributed by atoms with Crippen molar-refractivity contribution < 1.29 is 4.79 Å². The van der Waals surface area contributed by atoms with Gasteiger partial charge in [-0.3, -0.25) is 4.99 Å². The largest absolute Gasteiger partial charge is 0.287 e. The Morgan fingerprint density at radius 1 is 1.33 bits per heavy atom. The molecule has 0 atom stereocenters. The molecule has 0 N–H and O–H groups in total. The van der Waals surface area contributed by atoms with E-state index in [0.29, 0.717) is 12.1 Å². The Bertz CT molecular complexity index is 387. The summed E-state index contributed by atoms with van der Waals surface area (Å²) in [6, 6.07) is 7.75. The Hall–Kier alpha value is -1.66. The normalized spacial score (nSPS) is 13.8. The highest BCUT2D eigenvalue weighted by Crippen LogP contribution is 2.20.